The number of carbonyl (C=O) groups is 2. The number of aromatic carboxylic acids is 1. The third kappa shape index (κ3) is 7.92. The molecule has 16 heteroatoms. The van der Waals surface area contributed by atoms with Crippen LogP contribution in [0.15, 0.2) is 59.5 Å². The van der Waals surface area contributed by atoms with E-state index in [1.807, 2.05) is 12.1 Å². The Morgan fingerprint density at radius 2 is 1.38 bits per heavy atom. The van der Waals surface area contributed by atoms with Crippen molar-refractivity contribution in [3.05, 3.63) is 122 Å². The number of halogens is 7. The molecule has 1 amide bonds. The molecule has 3 fully saturated rings. The van der Waals surface area contributed by atoms with E-state index in [1.165, 1.54) is 18.2 Å². The zero-order valence-corrected chi connectivity index (χ0v) is 30.7. The van der Waals surface area contributed by atoms with Gasteiger partial charge in [0.25, 0.3) is 0 Å². The highest BCUT2D eigenvalue weighted by molar-refractivity contribution is 7.89. The number of benzene rings is 4. The number of carboxylic acid groups (broad SMARTS) is 1. The average molecular weight is 807 g/mol. The predicted octanol–water partition coefficient (Wildman–Crippen LogP) is 8.98. The van der Waals surface area contributed by atoms with Crippen molar-refractivity contribution in [2.75, 3.05) is 4.90 Å². The van der Waals surface area contributed by atoms with E-state index in [2.05, 4.69) is 6.07 Å². The number of hydrogen-bond donors (Lipinski definition) is 1. The van der Waals surface area contributed by atoms with Crippen molar-refractivity contribution in [2.24, 2.45) is 0 Å². The van der Waals surface area contributed by atoms with E-state index >= 15 is 8.78 Å². The van der Waals surface area contributed by atoms with Gasteiger partial charge in [0.05, 0.1) is 23.9 Å². The van der Waals surface area contributed by atoms with E-state index in [0.29, 0.717) is 30.2 Å². The van der Waals surface area contributed by atoms with E-state index in [0.717, 1.165) is 66.8 Å². The number of carbonyl (C=O) groups excluding carboxylic acids is 1. The molecule has 4 aromatic rings. The fraction of sp³-hybridized carbons (Fsp3) is 0.333. The summed E-state index contributed by atoms with van der Waals surface area (Å²) < 4.78 is 122. The van der Waals surface area contributed by atoms with E-state index in [4.69, 9.17) is 16.3 Å². The summed E-state index contributed by atoms with van der Waals surface area (Å²) in [7, 11) is -5.81. The summed E-state index contributed by atoms with van der Waals surface area (Å²) >= 11 is 6.22. The fourth-order valence-electron chi connectivity index (χ4n) is 6.46. The second-order valence-corrected chi connectivity index (χ2v) is 16.4. The number of amides is 1. The van der Waals surface area contributed by atoms with Crippen molar-refractivity contribution < 1.29 is 54.2 Å². The molecule has 1 unspecified atom stereocenters. The van der Waals surface area contributed by atoms with Crippen LogP contribution in [0, 0.1) is 34.9 Å². The van der Waals surface area contributed by atoms with Crippen molar-refractivity contribution in [1.82, 2.24) is 4.31 Å². The summed E-state index contributed by atoms with van der Waals surface area (Å²) in [4.78, 5) is 25.9. The zero-order chi connectivity index (χ0) is 39.5. The Labute approximate surface area is 317 Å². The number of hydrogen-bond acceptors (Lipinski definition) is 5. The first kappa shape index (κ1) is 38.7. The van der Waals surface area contributed by atoms with Gasteiger partial charge in [-0.3, -0.25) is 4.79 Å². The van der Waals surface area contributed by atoms with Crippen molar-refractivity contribution >= 4 is 39.2 Å². The maximum Gasteiger partial charge on any atom is 0.335 e. The third-order valence-electron chi connectivity index (χ3n) is 9.92. The van der Waals surface area contributed by atoms with Crippen LogP contribution in [0.1, 0.15) is 89.9 Å². The molecule has 0 aromatic heterocycles. The van der Waals surface area contributed by atoms with Gasteiger partial charge in [-0.2, -0.15) is 4.31 Å². The lowest BCUT2D eigenvalue weighted by atomic mass is 9.99. The molecule has 7 rings (SSSR count). The lowest BCUT2D eigenvalue weighted by molar-refractivity contribution is -0.122. The Bertz CT molecular complexity index is 2270. The summed E-state index contributed by atoms with van der Waals surface area (Å²) in [5.74, 6) is -15.5. The Balaban J connectivity index is 1.38. The number of rotatable bonds is 14. The van der Waals surface area contributed by atoms with Gasteiger partial charge in [-0.15, -0.1) is 0 Å². The first-order valence-corrected chi connectivity index (χ1v) is 19.3. The summed E-state index contributed by atoms with van der Waals surface area (Å²) in [6.07, 6.45) is 4.87. The third-order valence-corrected chi connectivity index (χ3v) is 12.2. The van der Waals surface area contributed by atoms with Gasteiger partial charge >= 0.3 is 5.97 Å². The highest BCUT2D eigenvalue weighted by Crippen LogP contribution is 2.46. The van der Waals surface area contributed by atoms with Crippen molar-refractivity contribution in [3.8, 4) is 5.75 Å². The van der Waals surface area contributed by atoms with Gasteiger partial charge in [0.15, 0.2) is 28.2 Å². The first-order valence-electron chi connectivity index (χ1n) is 17.5. The summed E-state index contributed by atoms with van der Waals surface area (Å²) in [6.45, 7) is -0.141. The lowest BCUT2D eigenvalue weighted by Gasteiger charge is -2.33. The molecular weight excluding hydrogens is 774 g/mol. The molecule has 1 N–H and O–H groups in total. The molecule has 0 heterocycles. The minimum absolute atomic E-state index is 0.0144. The minimum Gasteiger partial charge on any atom is -0.488 e. The van der Waals surface area contributed by atoms with E-state index < -0.39 is 74.3 Å². The van der Waals surface area contributed by atoms with Gasteiger partial charge < -0.3 is 14.7 Å². The molecule has 3 aliphatic rings. The Morgan fingerprint density at radius 1 is 0.800 bits per heavy atom. The van der Waals surface area contributed by atoms with Crippen molar-refractivity contribution in [1.29, 1.82) is 0 Å². The van der Waals surface area contributed by atoms with Crippen LogP contribution in [0.25, 0.3) is 0 Å². The molecule has 0 saturated heterocycles. The Kier molecular flexibility index (Phi) is 10.4. The maximum atomic E-state index is 15.2. The van der Waals surface area contributed by atoms with Gasteiger partial charge in [0.1, 0.15) is 17.6 Å². The van der Waals surface area contributed by atoms with Crippen LogP contribution in [0.4, 0.5) is 32.0 Å². The van der Waals surface area contributed by atoms with Gasteiger partial charge in [0.2, 0.25) is 21.7 Å². The smallest absolute Gasteiger partial charge is 0.335 e. The number of nitrogens with zero attached hydrogens (tertiary/aromatic N) is 2. The van der Waals surface area contributed by atoms with Crippen LogP contribution in [0.2, 0.25) is 5.02 Å². The van der Waals surface area contributed by atoms with E-state index in [9.17, 15) is 40.7 Å². The molecule has 0 spiro atoms. The molecule has 0 radical (unpaired) electrons. The normalized spacial score (nSPS) is 16.3. The molecule has 4 aromatic carbocycles. The molecule has 55 heavy (non-hydrogen) atoms. The molecule has 3 saturated carbocycles. The molecule has 8 nitrogen and oxygen atoms in total. The van der Waals surface area contributed by atoms with Crippen LogP contribution in [-0.4, -0.2) is 41.9 Å². The van der Waals surface area contributed by atoms with Crippen LogP contribution in [-0.2, 0) is 27.9 Å². The highest BCUT2D eigenvalue weighted by atomic mass is 35.5. The maximum absolute atomic E-state index is 15.2. The van der Waals surface area contributed by atoms with Crippen molar-refractivity contribution in [2.45, 2.75) is 87.4 Å². The average Bonchev–Trinajstić information content (AvgIpc) is 3.98. The largest absolute Gasteiger partial charge is 0.488 e. The standard InChI is InChI=1S/C39H33ClF6N2O6S/c1-19(48(18-24-6-8-27(41)16-29(24)40)55(52,53)37-35(45)33(43)32(42)34(44)36(37)46)38(49)47(30-11-7-23(39(50)51)15-31(30)54-28-9-10-28)17-20-12-25(21-2-3-21)14-26(13-20)22-4-5-22/h6-8,11-16,19,21-22,28H,2-5,9-10,17-18H2,1H3,(H,50,51). The Hall–Kier alpha value is -4.60. The fourth-order valence-corrected chi connectivity index (χ4v) is 8.37. The SMILES string of the molecule is CC(C(=O)N(Cc1cc(C2CC2)cc(C2CC2)c1)c1ccc(C(=O)O)cc1OC1CC1)N(Cc1ccc(F)cc1Cl)S(=O)(=O)c1c(F)c(F)c(F)c(F)c1F. The van der Waals surface area contributed by atoms with Gasteiger partial charge in [-0.1, -0.05) is 35.9 Å². The summed E-state index contributed by atoms with van der Waals surface area (Å²) in [5, 5.41) is 9.41. The van der Waals surface area contributed by atoms with Crippen LogP contribution < -0.4 is 9.64 Å². The quantitative estimate of drug-likeness (QED) is 0.0776. The molecule has 0 bridgehead atoms. The second kappa shape index (κ2) is 14.8. The van der Waals surface area contributed by atoms with Crippen LogP contribution in [0.5, 0.6) is 5.75 Å². The molecule has 3 aliphatic carbocycles. The van der Waals surface area contributed by atoms with Crippen molar-refractivity contribution in [3.63, 3.8) is 0 Å². The minimum atomic E-state index is -5.81. The summed E-state index contributed by atoms with van der Waals surface area (Å²) in [5.41, 5.74) is 2.44. The van der Waals surface area contributed by atoms with E-state index in [-0.39, 0.29) is 44.5 Å². The number of anilines is 1. The first-order chi connectivity index (χ1) is 26.0. The number of carboxylic acids is 1. The summed E-state index contributed by atoms with van der Waals surface area (Å²) in [6, 6.07) is 10.5. The van der Waals surface area contributed by atoms with Crippen LogP contribution >= 0.6 is 11.6 Å². The molecule has 0 aliphatic heterocycles. The van der Waals surface area contributed by atoms with Gasteiger partial charge in [-0.05, 0) is 110 Å². The predicted molar refractivity (Wildman–Crippen MR) is 188 cm³/mol. The van der Waals surface area contributed by atoms with Gasteiger partial charge in [0, 0.05) is 11.6 Å². The molecular formula is C39H33ClF6N2O6S. The second-order valence-electron chi connectivity index (χ2n) is 14.1. The number of ether oxygens (including phenoxy) is 1. The lowest BCUT2D eigenvalue weighted by Crippen LogP contribution is -2.49. The highest BCUT2D eigenvalue weighted by Gasteiger charge is 2.43. The van der Waals surface area contributed by atoms with E-state index in [1.54, 1.807) is 0 Å². The van der Waals surface area contributed by atoms with Gasteiger partial charge in [-0.25, -0.2) is 39.6 Å². The van der Waals surface area contributed by atoms with Crippen LogP contribution in [0.3, 0.4) is 0 Å². The zero-order valence-electron chi connectivity index (χ0n) is 29.1. The number of sulfonamides is 1. The Morgan fingerprint density at radius 3 is 1.91 bits per heavy atom. The monoisotopic (exact) mass is 806 g/mol. The topological polar surface area (TPSA) is 104 Å². The molecule has 290 valence electrons. The molecule has 1 atom stereocenters.